The Hall–Kier alpha value is -3.80. The van der Waals surface area contributed by atoms with E-state index < -0.39 is 5.97 Å². The highest BCUT2D eigenvalue weighted by molar-refractivity contribution is 5.73. The third kappa shape index (κ3) is 7.11. The number of ether oxygens (including phenoxy) is 3. The van der Waals surface area contributed by atoms with Gasteiger partial charge in [0.25, 0.3) is 0 Å². The Kier molecular flexibility index (Phi) is 9.51. The standard InChI is InChI=1S/C30H33FO5/c1-5-6-14-35-29-15-21(10-12-25(29)27-17-23(34-4)11-13-28(27)31)19-36-24-9-7-8-22(16-24)26(20(2)3)18-30(32)33/h7-13,15-17,26H,2,5-6,14,18-19H2,1,3-4H3,(H,32,33)/t26-/m1/s1. The van der Waals surface area contributed by atoms with Crippen molar-refractivity contribution in [2.75, 3.05) is 13.7 Å². The molecule has 0 saturated heterocycles. The van der Waals surface area contributed by atoms with Crippen LogP contribution in [0.15, 0.2) is 72.8 Å². The monoisotopic (exact) mass is 492 g/mol. The molecule has 190 valence electrons. The zero-order valence-electron chi connectivity index (χ0n) is 21.1. The molecule has 36 heavy (non-hydrogen) atoms. The van der Waals surface area contributed by atoms with Crippen molar-refractivity contribution in [3.05, 3.63) is 89.8 Å². The molecule has 3 rings (SSSR count). The number of carboxylic acid groups (broad SMARTS) is 1. The Bertz CT molecular complexity index is 1200. The molecule has 0 saturated carbocycles. The first-order chi connectivity index (χ1) is 17.3. The molecule has 0 amide bonds. The van der Waals surface area contributed by atoms with E-state index in [0.29, 0.717) is 35.0 Å². The van der Waals surface area contributed by atoms with Crippen molar-refractivity contribution in [1.29, 1.82) is 0 Å². The summed E-state index contributed by atoms with van der Waals surface area (Å²) in [5, 5.41) is 9.26. The van der Waals surface area contributed by atoms with Gasteiger partial charge in [0.15, 0.2) is 0 Å². The highest BCUT2D eigenvalue weighted by atomic mass is 19.1. The molecule has 1 N–H and O–H groups in total. The molecule has 0 radical (unpaired) electrons. The number of hydrogen-bond acceptors (Lipinski definition) is 4. The summed E-state index contributed by atoms with van der Waals surface area (Å²) < 4.78 is 32.0. The SMILES string of the molecule is C=C(C)[C@@H](CC(=O)O)c1cccc(OCc2ccc(-c3cc(OC)ccc3F)c(OCCCC)c2)c1. The van der Waals surface area contributed by atoms with Gasteiger partial charge in [0.1, 0.15) is 29.7 Å². The minimum Gasteiger partial charge on any atom is -0.497 e. The van der Waals surface area contributed by atoms with Gasteiger partial charge in [0, 0.05) is 17.0 Å². The van der Waals surface area contributed by atoms with Gasteiger partial charge in [-0.3, -0.25) is 4.79 Å². The largest absolute Gasteiger partial charge is 0.497 e. The van der Waals surface area contributed by atoms with Gasteiger partial charge >= 0.3 is 5.97 Å². The van der Waals surface area contributed by atoms with Crippen molar-refractivity contribution in [2.24, 2.45) is 0 Å². The number of carboxylic acids is 1. The average molecular weight is 493 g/mol. The number of unbranched alkanes of at least 4 members (excludes halogenated alkanes) is 1. The maximum absolute atomic E-state index is 14.7. The second-order valence-corrected chi connectivity index (χ2v) is 8.74. The summed E-state index contributed by atoms with van der Waals surface area (Å²) in [7, 11) is 1.55. The van der Waals surface area contributed by atoms with E-state index in [1.54, 1.807) is 19.2 Å². The number of methoxy groups -OCH3 is 1. The molecule has 3 aromatic carbocycles. The highest BCUT2D eigenvalue weighted by Gasteiger charge is 2.17. The first-order valence-corrected chi connectivity index (χ1v) is 12.0. The van der Waals surface area contributed by atoms with Crippen LogP contribution < -0.4 is 14.2 Å². The third-order valence-corrected chi connectivity index (χ3v) is 5.90. The minimum absolute atomic E-state index is 0.0282. The number of hydrogen-bond donors (Lipinski definition) is 1. The van der Waals surface area contributed by atoms with E-state index in [9.17, 15) is 14.3 Å². The summed E-state index contributed by atoms with van der Waals surface area (Å²) in [6.07, 6.45) is 1.84. The third-order valence-electron chi connectivity index (χ3n) is 5.90. The summed E-state index contributed by atoms with van der Waals surface area (Å²) >= 11 is 0. The summed E-state index contributed by atoms with van der Waals surface area (Å²) in [4.78, 5) is 11.3. The molecule has 0 heterocycles. The molecule has 0 unspecified atom stereocenters. The topological polar surface area (TPSA) is 65.0 Å². The summed E-state index contributed by atoms with van der Waals surface area (Å²) in [5.41, 5.74) is 3.54. The molecule has 0 aliphatic carbocycles. The summed E-state index contributed by atoms with van der Waals surface area (Å²) in [5.74, 6) is 0.244. The fourth-order valence-corrected chi connectivity index (χ4v) is 3.90. The van der Waals surface area contributed by atoms with Crippen LogP contribution in [0.4, 0.5) is 4.39 Å². The van der Waals surface area contributed by atoms with E-state index in [-0.39, 0.29) is 24.8 Å². The quantitative estimate of drug-likeness (QED) is 0.199. The fraction of sp³-hybridized carbons (Fsp3) is 0.300. The Labute approximate surface area is 212 Å². The number of allylic oxidation sites excluding steroid dienone is 1. The Morgan fingerprint density at radius 2 is 1.83 bits per heavy atom. The molecule has 0 aliphatic heterocycles. The van der Waals surface area contributed by atoms with Gasteiger partial charge in [0.2, 0.25) is 0 Å². The minimum atomic E-state index is -0.877. The zero-order chi connectivity index (χ0) is 26.1. The van der Waals surface area contributed by atoms with Crippen LogP contribution in [0.5, 0.6) is 17.2 Å². The molecule has 0 fully saturated rings. The van der Waals surface area contributed by atoms with Crippen LogP contribution >= 0.6 is 0 Å². The molecule has 1 atom stereocenters. The molecule has 0 spiro atoms. The smallest absolute Gasteiger partial charge is 0.304 e. The molecule has 0 aliphatic rings. The van der Waals surface area contributed by atoms with Gasteiger partial charge in [-0.1, -0.05) is 49.8 Å². The molecular formula is C30H33FO5. The summed E-state index contributed by atoms with van der Waals surface area (Å²) in [6.45, 7) is 8.65. The van der Waals surface area contributed by atoms with E-state index >= 15 is 0 Å². The first kappa shape index (κ1) is 26.8. The van der Waals surface area contributed by atoms with Crippen molar-refractivity contribution < 1.29 is 28.5 Å². The lowest BCUT2D eigenvalue weighted by molar-refractivity contribution is -0.137. The number of benzene rings is 3. The van der Waals surface area contributed by atoms with Crippen LogP contribution in [-0.2, 0) is 11.4 Å². The summed E-state index contributed by atoms with van der Waals surface area (Å²) in [6, 6.07) is 17.6. The van der Waals surface area contributed by atoms with Gasteiger partial charge in [-0.05, 0) is 60.9 Å². The van der Waals surface area contributed by atoms with Crippen molar-refractivity contribution >= 4 is 5.97 Å². The zero-order valence-corrected chi connectivity index (χ0v) is 21.1. The number of carbonyl (C=O) groups is 1. The Morgan fingerprint density at radius 3 is 2.53 bits per heavy atom. The predicted octanol–water partition coefficient (Wildman–Crippen LogP) is 7.39. The first-order valence-electron chi connectivity index (χ1n) is 12.0. The van der Waals surface area contributed by atoms with Crippen LogP contribution in [-0.4, -0.2) is 24.8 Å². The highest BCUT2D eigenvalue weighted by Crippen LogP contribution is 2.36. The van der Waals surface area contributed by atoms with Crippen molar-refractivity contribution in [2.45, 2.75) is 45.6 Å². The second-order valence-electron chi connectivity index (χ2n) is 8.74. The molecule has 0 aromatic heterocycles. The second kappa shape index (κ2) is 12.8. The van der Waals surface area contributed by atoms with Gasteiger partial charge < -0.3 is 19.3 Å². The van der Waals surface area contributed by atoms with Gasteiger partial charge in [-0.2, -0.15) is 0 Å². The Morgan fingerprint density at radius 1 is 1.03 bits per heavy atom. The molecule has 6 heteroatoms. The van der Waals surface area contributed by atoms with Crippen molar-refractivity contribution in [3.63, 3.8) is 0 Å². The molecule has 5 nitrogen and oxygen atoms in total. The number of rotatable bonds is 13. The van der Waals surface area contributed by atoms with Crippen molar-refractivity contribution in [3.8, 4) is 28.4 Å². The normalized spacial score (nSPS) is 11.6. The van der Waals surface area contributed by atoms with Crippen LogP contribution in [0.3, 0.4) is 0 Å². The van der Waals surface area contributed by atoms with E-state index in [2.05, 4.69) is 13.5 Å². The number of aliphatic carboxylic acids is 1. The molecule has 3 aromatic rings. The van der Waals surface area contributed by atoms with E-state index in [4.69, 9.17) is 14.2 Å². The average Bonchev–Trinajstić information content (AvgIpc) is 2.87. The predicted molar refractivity (Wildman–Crippen MR) is 139 cm³/mol. The van der Waals surface area contributed by atoms with Crippen LogP contribution in [0.1, 0.15) is 50.2 Å². The van der Waals surface area contributed by atoms with Gasteiger partial charge in [0.05, 0.1) is 20.1 Å². The fourth-order valence-electron chi connectivity index (χ4n) is 3.90. The Balaban J connectivity index is 1.84. The van der Waals surface area contributed by atoms with Gasteiger partial charge in [-0.15, -0.1) is 0 Å². The van der Waals surface area contributed by atoms with E-state index in [0.717, 1.165) is 29.5 Å². The maximum atomic E-state index is 14.7. The molecular weight excluding hydrogens is 459 g/mol. The molecule has 0 bridgehead atoms. The number of halogens is 1. The maximum Gasteiger partial charge on any atom is 0.304 e. The van der Waals surface area contributed by atoms with Crippen LogP contribution in [0.2, 0.25) is 0 Å². The van der Waals surface area contributed by atoms with Gasteiger partial charge in [-0.25, -0.2) is 4.39 Å². The van der Waals surface area contributed by atoms with Crippen LogP contribution in [0, 0.1) is 5.82 Å². The lowest BCUT2D eigenvalue weighted by atomic mass is 9.90. The van der Waals surface area contributed by atoms with E-state index in [1.807, 2.05) is 49.4 Å². The van der Waals surface area contributed by atoms with Crippen LogP contribution in [0.25, 0.3) is 11.1 Å². The lowest BCUT2D eigenvalue weighted by Gasteiger charge is -2.17. The van der Waals surface area contributed by atoms with Crippen molar-refractivity contribution in [1.82, 2.24) is 0 Å². The van der Waals surface area contributed by atoms with E-state index in [1.165, 1.54) is 6.07 Å². The lowest BCUT2D eigenvalue weighted by Crippen LogP contribution is -2.07.